The van der Waals surface area contributed by atoms with Gasteiger partial charge in [0.2, 0.25) is 0 Å². The number of benzene rings is 1. The molecule has 0 saturated heterocycles. The Kier molecular flexibility index (Phi) is 4.35. The first-order chi connectivity index (χ1) is 8.31. The van der Waals surface area contributed by atoms with Gasteiger partial charge in [-0.2, -0.15) is 0 Å². The maximum Gasteiger partial charge on any atom is 0.0345 e. The number of thiophene rings is 1. The van der Waals surface area contributed by atoms with E-state index in [1.807, 2.05) is 0 Å². The van der Waals surface area contributed by atoms with E-state index in [9.17, 15) is 0 Å². The van der Waals surface area contributed by atoms with Crippen molar-refractivity contribution < 1.29 is 0 Å². The first-order valence-corrected chi connectivity index (χ1v) is 7.03. The lowest BCUT2D eigenvalue weighted by Gasteiger charge is -2.08. The van der Waals surface area contributed by atoms with Crippen LogP contribution in [0.1, 0.15) is 24.5 Å². The first kappa shape index (κ1) is 12.3. The minimum atomic E-state index is 0.965. The highest BCUT2D eigenvalue weighted by atomic mass is 32.1. The van der Waals surface area contributed by atoms with Gasteiger partial charge in [-0.1, -0.05) is 25.1 Å². The minimum absolute atomic E-state index is 0.965. The van der Waals surface area contributed by atoms with Crippen LogP contribution in [0.3, 0.4) is 0 Å². The van der Waals surface area contributed by atoms with E-state index < -0.39 is 0 Å². The molecule has 0 amide bonds. The minimum Gasteiger partial charge on any atom is -0.313 e. The van der Waals surface area contributed by atoms with Gasteiger partial charge in [-0.05, 0) is 54.1 Å². The molecule has 0 aliphatic heterocycles. The number of aryl methyl sites for hydroxylation is 1. The van der Waals surface area contributed by atoms with Crippen molar-refractivity contribution in [3.8, 4) is 10.4 Å². The molecule has 2 rings (SSSR count). The van der Waals surface area contributed by atoms with Crippen molar-refractivity contribution in [1.29, 1.82) is 0 Å². The Morgan fingerprint density at radius 2 is 2.12 bits per heavy atom. The summed E-state index contributed by atoms with van der Waals surface area (Å²) in [6.45, 7) is 6.42. The summed E-state index contributed by atoms with van der Waals surface area (Å²) in [4.78, 5) is 1.36. The lowest BCUT2D eigenvalue weighted by molar-refractivity contribution is 0.675. The molecular formula is C15H19NS. The molecule has 0 aliphatic carbocycles. The van der Waals surface area contributed by atoms with E-state index in [0.717, 1.165) is 13.1 Å². The highest BCUT2D eigenvalue weighted by Gasteiger charge is 2.04. The van der Waals surface area contributed by atoms with Crippen LogP contribution in [0, 0.1) is 6.92 Å². The summed E-state index contributed by atoms with van der Waals surface area (Å²) in [6.07, 6.45) is 1.18. The molecule has 0 spiro atoms. The summed E-state index contributed by atoms with van der Waals surface area (Å²) in [5.41, 5.74) is 4.09. The van der Waals surface area contributed by atoms with E-state index >= 15 is 0 Å². The molecule has 1 nitrogen and oxygen atoms in total. The second-order valence-corrected chi connectivity index (χ2v) is 5.25. The molecule has 0 atom stereocenters. The third-order valence-electron chi connectivity index (χ3n) is 2.84. The Labute approximate surface area is 108 Å². The standard InChI is InChI=1S/C15H19NS/c1-3-8-16-11-13-7-6-12(2)14(10-13)15-5-4-9-17-15/h4-7,9-10,16H,3,8,11H2,1-2H3. The van der Waals surface area contributed by atoms with E-state index in [2.05, 4.69) is 54.9 Å². The van der Waals surface area contributed by atoms with Crippen LogP contribution < -0.4 is 5.32 Å². The number of nitrogens with one attached hydrogen (secondary N) is 1. The molecule has 0 radical (unpaired) electrons. The lowest BCUT2D eigenvalue weighted by Crippen LogP contribution is -2.13. The van der Waals surface area contributed by atoms with Gasteiger partial charge in [0.05, 0.1) is 0 Å². The summed E-state index contributed by atoms with van der Waals surface area (Å²) in [7, 11) is 0. The molecule has 90 valence electrons. The smallest absolute Gasteiger partial charge is 0.0345 e. The number of hydrogen-bond acceptors (Lipinski definition) is 2. The first-order valence-electron chi connectivity index (χ1n) is 6.15. The molecule has 2 heteroatoms. The van der Waals surface area contributed by atoms with Crippen LogP contribution in [-0.4, -0.2) is 6.54 Å². The summed E-state index contributed by atoms with van der Waals surface area (Å²) < 4.78 is 0. The van der Waals surface area contributed by atoms with Crippen molar-refractivity contribution in [3.05, 3.63) is 46.8 Å². The van der Waals surface area contributed by atoms with Crippen molar-refractivity contribution in [2.75, 3.05) is 6.54 Å². The van der Waals surface area contributed by atoms with Gasteiger partial charge < -0.3 is 5.32 Å². The Morgan fingerprint density at radius 1 is 1.24 bits per heavy atom. The predicted molar refractivity (Wildman–Crippen MR) is 76.5 cm³/mol. The van der Waals surface area contributed by atoms with Crippen LogP contribution in [0.2, 0.25) is 0 Å². The van der Waals surface area contributed by atoms with Gasteiger partial charge in [0.25, 0.3) is 0 Å². The monoisotopic (exact) mass is 245 g/mol. The molecule has 0 fully saturated rings. The Hall–Kier alpha value is -1.12. The molecule has 0 saturated carbocycles. The zero-order chi connectivity index (χ0) is 12.1. The molecule has 0 aliphatic rings. The summed E-state index contributed by atoms with van der Waals surface area (Å²) >= 11 is 1.81. The Balaban J connectivity index is 2.18. The molecule has 17 heavy (non-hydrogen) atoms. The highest BCUT2D eigenvalue weighted by molar-refractivity contribution is 7.13. The average molecular weight is 245 g/mol. The van der Waals surface area contributed by atoms with Crippen LogP contribution in [0.5, 0.6) is 0 Å². The highest BCUT2D eigenvalue weighted by Crippen LogP contribution is 2.28. The SMILES string of the molecule is CCCNCc1ccc(C)c(-c2cccs2)c1. The van der Waals surface area contributed by atoms with Crippen LogP contribution >= 0.6 is 11.3 Å². The Morgan fingerprint density at radius 3 is 2.82 bits per heavy atom. The fraction of sp³-hybridized carbons (Fsp3) is 0.333. The Bertz CT molecular complexity index is 460. The molecule has 1 aromatic carbocycles. The van der Waals surface area contributed by atoms with E-state index in [-0.39, 0.29) is 0 Å². The van der Waals surface area contributed by atoms with Gasteiger partial charge >= 0.3 is 0 Å². The predicted octanol–water partition coefficient (Wildman–Crippen LogP) is 4.22. The van der Waals surface area contributed by atoms with Crippen molar-refractivity contribution in [2.24, 2.45) is 0 Å². The molecule has 1 N–H and O–H groups in total. The third kappa shape index (κ3) is 3.18. The summed E-state index contributed by atoms with van der Waals surface area (Å²) in [6, 6.07) is 11.1. The van der Waals surface area contributed by atoms with E-state index in [0.29, 0.717) is 0 Å². The molecule has 0 bridgehead atoms. The second-order valence-electron chi connectivity index (χ2n) is 4.30. The zero-order valence-corrected chi connectivity index (χ0v) is 11.3. The fourth-order valence-electron chi connectivity index (χ4n) is 1.89. The van der Waals surface area contributed by atoms with E-state index in [1.165, 1.54) is 28.0 Å². The second kappa shape index (κ2) is 5.99. The topological polar surface area (TPSA) is 12.0 Å². The summed E-state index contributed by atoms with van der Waals surface area (Å²) in [5.74, 6) is 0. The van der Waals surface area contributed by atoms with Gasteiger partial charge in [0, 0.05) is 11.4 Å². The van der Waals surface area contributed by atoms with Crippen molar-refractivity contribution in [3.63, 3.8) is 0 Å². The van der Waals surface area contributed by atoms with Gasteiger partial charge in [-0.3, -0.25) is 0 Å². The number of hydrogen-bond donors (Lipinski definition) is 1. The van der Waals surface area contributed by atoms with Crippen molar-refractivity contribution >= 4 is 11.3 Å². The third-order valence-corrected chi connectivity index (χ3v) is 3.75. The van der Waals surface area contributed by atoms with Crippen LogP contribution in [0.25, 0.3) is 10.4 Å². The van der Waals surface area contributed by atoms with Gasteiger partial charge in [-0.25, -0.2) is 0 Å². The maximum absolute atomic E-state index is 3.45. The van der Waals surface area contributed by atoms with Crippen LogP contribution in [0.4, 0.5) is 0 Å². The van der Waals surface area contributed by atoms with Gasteiger partial charge in [0.15, 0.2) is 0 Å². The van der Waals surface area contributed by atoms with E-state index in [4.69, 9.17) is 0 Å². The van der Waals surface area contributed by atoms with Crippen molar-refractivity contribution in [1.82, 2.24) is 5.32 Å². The lowest BCUT2D eigenvalue weighted by atomic mass is 10.0. The number of rotatable bonds is 5. The zero-order valence-electron chi connectivity index (χ0n) is 10.5. The largest absolute Gasteiger partial charge is 0.313 e. The molecular weight excluding hydrogens is 226 g/mol. The molecule has 0 unspecified atom stereocenters. The van der Waals surface area contributed by atoms with Gasteiger partial charge in [0.1, 0.15) is 0 Å². The maximum atomic E-state index is 3.45. The van der Waals surface area contributed by atoms with Crippen LogP contribution in [0.15, 0.2) is 35.7 Å². The average Bonchev–Trinajstić information content (AvgIpc) is 2.85. The fourth-order valence-corrected chi connectivity index (χ4v) is 2.69. The quantitative estimate of drug-likeness (QED) is 0.778. The van der Waals surface area contributed by atoms with Crippen LogP contribution in [-0.2, 0) is 6.54 Å². The normalized spacial score (nSPS) is 10.7. The van der Waals surface area contributed by atoms with E-state index in [1.54, 1.807) is 11.3 Å². The molecule has 1 aromatic heterocycles. The summed E-state index contributed by atoms with van der Waals surface area (Å²) in [5, 5.41) is 5.58. The van der Waals surface area contributed by atoms with Crippen molar-refractivity contribution in [2.45, 2.75) is 26.8 Å². The molecule has 2 aromatic rings. The van der Waals surface area contributed by atoms with Gasteiger partial charge in [-0.15, -0.1) is 11.3 Å². The molecule has 1 heterocycles.